The SMILES string of the molecule is O=C(c1cc([N+](=O)[O-])ccc1Br)C(F)F. The molecule has 0 aliphatic heterocycles. The van der Waals surface area contributed by atoms with Crippen LogP contribution in [-0.4, -0.2) is 17.1 Å². The molecule has 0 heterocycles. The summed E-state index contributed by atoms with van der Waals surface area (Å²) in [6, 6.07) is 3.12. The molecule has 0 aliphatic rings. The van der Waals surface area contributed by atoms with E-state index in [1.54, 1.807) is 0 Å². The molecule has 0 atom stereocenters. The van der Waals surface area contributed by atoms with Crippen LogP contribution in [0.4, 0.5) is 14.5 Å². The Bertz CT molecular complexity index is 422. The summed E-state index contributed by atoms with van der Waals surface area (Å²) in [4.78, 5) is 20.5. The highest BCUT2D eigenvalue weighted by atomic mass is 79.9. The molecular weight excluding hydrogens is 276 g/mol. The van der Waals surface area contributed by atoms with Gasteiger partial charge in [0, 0.05) is 22.2 Å². The highest BCUT2D eigenvalue weighted by Crippen LogP contribution is 2.24. The number of hydrogen-bond acceptors (Lipinski definition) is 3. The number of ketones is 1. The molecule has 0 saturated carbocycles. The van der Waals surface area contributed by atoms with Crippen LogP contribution in [0.1, 0.15) is 10.4 Å². The molecule has 0 unspecified atom stereocenters. The molecule has 0 aliphatic carbocycles. The van der Waals surface area contributed by atoms with Gasteiger partial charge in [-0.3, -0.25) is 14.9 Å². The maximum Gasteiger partial charge on any atom is 0.300 e. The lowest BCUT2D eigenvalue weighted by atomic mass is 10.1. The van der Waals surface area contributed by atoms with Crippen molar-refractivity contribution in [1.29, 1.82) is 0 Å². The Labute approximate surface area is 91.2 Å². The first kappa shape index (κ1) is 11.7. The Morgan fingerprint density at radius 2 is 2.07 bits per heavy atom. The number of nitro groups is 1. The number of Topliss-reactive ketones (excluding diaryl/α,β-unsaturated/α-hetero) is 1. The van der Waals surface area contributed by atoms with Gasteiger partial charge in [-0.1, -0.05) is 15.9 Å². The number of rotatable bonds is 3. The minimum Gasteiger partial charge on any atom is -0.288 e. The molecule has 0 N–H and O–H groups in total. The molecule has 1 aromatic rings. The van der Waals surface area contributed by atoms with E-state index in [9.17, 15) is 23.7 Å². The van der Waals surface area contributed by atoms with E-state index in [1.165, 1.54) is 6.07 Å². The maximum atomic E-state index is 12.1. The van der Waals surface area contributed by atoms with Gasteiger partial charge in [0.05, 0.1) is 4.92 Å². The normalized spacial score (nSPS) is 10.4. The minimum absolute atomic E-state index is 0.110. The second kappa shape index (κ2) is 4.43. The van der Waals surface area contributed by atoms with E-state index < -0.39 is 22.8 Å². The van der Waals surface area contributed by atoms with Crippen molar-refractivity contribution in [2.75, 3.05) is 0 Å². The average Bonchev–Trinajstić information content (AvgIpc) is 2.16. The van der Waals surface area contributed by atoms with Crippen molar-refractivity contribution in [3.8, 4) is 0 Å². The first-order valence-corrected chi connectivity index (χ1v) is 4.49. The monoisotopic (exact) mass is 279 g/mol. The summed E-state index contributed by atoms with van der Waals surface area (Å²) < 4.78 is 24.3. The third-order valence-corrected chi connectivity index (χ3v) is 2.32. The summed E-state index contributed by atoms with van der Waals surface area (Å²) in [5, 5.41) is 10.3. The summed E-state index contributed by atoms with van der Waals surface area (Å²) in [6.45, 7) is 0. The van der Waals surface area contributed by atoms with Crippen molar-refractivity contribution in [3.63, 3.8) is 0 Å². The Morgan fingerprint density at radius 3 is 2.53 bits per heavy atom. The maximum absolute atomic E-state index is 12.1. The van der Waals surface area contributed by atoms with Gasteiger partial charge in [0.25, 0.3) is 5.69 Å². The fourth-order valence-corrected chi connectivity index (χ4v) is 1.38. The van der Waals surface area contributed by atoms with Crippen LogP contribution < -0.4 is 0 Å². The van der Waals surface area contributed by atoms with Crippen LogP contribution in [-0.2, 0) is 0 Å². The van der Waals surface area contributed by atoms with Gasteiger partial charge in [-0.25, -0.2) is 8.78 Å². The molecule has 15 heavy (non-hydrogen) atoms. The third kappa shape index (κ3) is 2.56. The van der Waals surface area contributed by atoms with Gasteiger partial charge in [-0.15, -0.1) is 0 Å². The van der Waals surface area contributed by atoms with Crippen molar-refractivity contribution in [1.82, 2.24) is 0 Å². The molecular formula is C8H4BrF2NO3. The number of alkyl halides is 2. The Balaban J connectivity index is 3.22. The zero-order chi connectivity index (χ0) is 11.6. The first-order valence-electron chi connectivity index (χ1n) is 3.70. The molecule has 0 amide bonds. The largest absolute Gasteiger partial charge is 0.300 e. The van der Waals surface area contributed by atoms with Gasteiger partial charge in [0.15, 0.2) is 0 Å². The van der Waals surface area contributed by atoms with Crippen molar-refractivity contribution in [2.45, 2.75) is 6.43 Å². The van der Waals surface area contributed by atoms with Crippen molar-refractivity contribution >= 4 is 27.4 Å². The molecule has 1 rings (SSSR count). The van der Waals surface area contributed by atoms with E-state index in [0.29, 0.717) is 0 Å². The Hall–Kier alpha value is -1.37. The summed E-state index contributed by atoms with van der Waals surface area (Å²) in [7, 11) is 0. The summed E-state index contributed by atoms with van der Waals surface area (Å²) in [5.41, 5.74) is -0.790. The zero-order valence-electron chi connectivity index (χ0n) is 7.12. The summed E-state index contributed by atoms with van der Waals surface area (Å²) >= 11 is 2.87. The van der Waals surface area contributed by atoms with E-state index in [2.05, 4.69) is 15.9 Å². The predicted octanol–water partition coefficient (Wildman–Crippen LogP) is 2.81. The van der Waals surface area contributed by atoms with E-state index in [1.807, 2.05) is 0 Å². The third-order valence-electron chi connectivity index (χ3n) is 1.62. The van der Waals surface area contributed by atoms with E-state index in [0.717, 1.165) is 12.1 Å². The Morgan fingerprint density at radius 1 is 1.47 bits per heavy atom. The molecule has 0 fully saturated rings. The molecule has 0 bridgehead atoms. The number of nitro benzene ring substituents is 1. The van der Waals surface area contributed by atoms with Gasteiger partial charge in [0.1, 0.15) is 0 Å². The van der Waals surface area contributed by atoms with Gasteiger partial charge in [-0.2, -0.15) is 0 Å². The van der Waals surface area contributed by atoms with Gasteiger partial charge < -0.3 is 0 Å². The molecule has 80 valence electrons. The molecule has 0 aromatic heterocycles. The lowest BCUT2D eigenvalue weighted by Gasteiger charge is -2.02. The van der Waals surface area contributed by atoms with E-state index in [4.69, 9.17) is 0 Å². The van der Waals surface area contributed by atoms with Crippen LogP contribution in [0.3, 0.4) is 0 Å². The lowest BCUT2D eigenvalue weighted by Crippen LogP contribution is -2.11. The second-order valence-electron chi connectivity index (χ2n) is 2.59. The van der Waals surface area contributed by atoms with Crippen LogP contribution in [0.5, 0.6) is 0 Å². The number of non-ortho nitro benzene ring substituents is 1. The molecule has 4 nitrogen and oxygen atoms in total. The highest BCUT2D eigenvalue weighted by Gasteiger charge is 2.22. The number of carbonyl (C=O) groups is 1. The molecule has 7 heteroatoms. The van der Waals surface area contributed by atoms with Gasteiger partial charge in [0.2, 0.25) is 5.78 Å². The average molecular weight is 280 g/mol. The van der Waals surface area contributed by atoms with E-state index in [-0.39, 0.29) is 10.0 Å². The zero-order valence-corrected chi connectivity index (χ0v) is 8.70. The number of benzene rings is 1. The molecule has 0 radical (unpaired) electrons. The quantitative estimate of drug-likeness (QED) is 0.486. The fourth-order valence-electron chi connectivity index (χ4n) is 0.933. The van der Waals surface area contributed by atoms with Crippen LogP contribution in [0.2, 0.25) is 0 Å². The lowest BCUT2D eigenvalue weighted by molar-refractivity contribution is -0.384. The van der Waals surface area contributed by atoms with Crippen LogP contribution >= 0.6 is 15.9 Å². The molecule has 0 saturated heterocycles. The van der Waals surface area contributed by atoms with Crippen molar-refractivity contribution < 1.29 is 18.5 Å². The van der Waals surface area contributed by atoms with Crippen LogP contribution in [0.15, 0.2) is 22.7 Å². The topological polar surface area (TPSA) is 60.2 Å². The standard InChI is InChI=1S/C8H4BrF2NO3/c9-6-2-1-4(12(14)15)3-5(6)7(13)8(10)11/h1-3,8H. The predicted molar refractivity (Wildman–Crippen MR) is 51.1 cm³/mol. The van der Waals surface area contributed by atoms with Gasteiger partial charge >= 0.3 is 6.43 Å². The highest BCUT2D eigenvalue weighted by molar-refractivity contribution is 9.10. The first-order chi connectivity index (χ1) is 6.93. The summed E-state index contributed by atoms with van der Waals surface area (Å²) in [5.74, 6) is -1.44. The van der Waals surface area contributed by atoms with Crippen molar-refractivity contribution in [2.24, 2.45) is 0 Å². The number of halogens is 3. The van der Waals surface area contributed by atoms with E-state index >= 15 is 0 Å². The van der Waals surface area contributed by atoms with Crippen molar-refractivity contribution in [3.05, 3.63) is 38.3 Å². The fraction of sp³-hybridized carbons (Fsp3) is 0.125. The Kier molecular flexibility index (Phi) is 3.46. The number of nitrogens with zero attached hydrogens (tertiary/aromatic N) is 1. The smallest absolute Gasteiger partial charge is 0.288 e. The number of carbonyl (C=O) groups excluding carboxylic acids is 1. The second-order valence-corrected chi connectivity index (χ2v) is 3.44. The minimum atomic E-state index is -3.18. The summed E-state index contributed by atoms with van der Waals surface area (Å²) in [6.07, 6.45) is -3.18. The molecule has 1 aromatic carbocycles. The molecule has 0 spiro atoms. The van der Waals surface area contributed by atoms with Crippen LogP contribution in [0.25, 0.3) is 0 Å². The van der Waals surface area contributed by atoms with Crippen LogP contribution in [0, 0.1) is 10.1 Å². The number of hydrogen-bond donors (Lipinski definition) is 0. The van der Waals surface area contributed by atoms with Gasteiger partial charge in [-0.05, 0) is 6.07 Å².